The van der Waals surface area contributed by atoms with Crippen LogP contribution in [0, 0.1) is 0 Å². The van der Waals surface area contributed by atoms with Gasteiger partial charge >= 0.3 is 0 Å². The molecule has 2 aromatic carbocycles. The molecule has 3 nitrogen and oxygen atoms in total. The number of hydrogen-bond donors (Lipinski definition) is 0. The van der Waals surface area contributed by atoms with Crippen LogP contribution < -0.4 is 0 Å². The number of fused-ring (bicyclic) bond motifs is 1. The van der Waals surface area contributed by atoms with Crippen molar-refractivity contribution in [1.29, 1.82) is 0 Å². The molecule has 0 fully saturated rings. The first kappa shape index (κ1) is 12.9. The second-order valence-corrected chi connectivity index (χ2v) is 5.42. The van der Waals surface area contributed by atoms with Crippen LogP contribution in [0.5, 0.6) is 0 Å². The largest absolute Gasteiger partial charge is 0.314 e. The Bertz CT molecular complexity index is 722. The van der Waals surface area contributed by atoms with Crippen LogP contribution in [-0.4, -0.2) is 21.6 Å². The second kappa shape index (κ2) is 5.92. The van der Waals surface area contributed by atoms with Gasteiger partial charge in [0.2, 0.25) is 0 Å². The summed E-state index contributed by atoms with van der Waals surface area (Å²) in [6.07, 6.45) is 0.914. The van der Waals surface area contributed by atoms with Gasteiger partial charge in [0.25, 0.3) is 0 Å². The van der Waals surface area contributed by atoms with E-state index in [2.05, 4.69) is 27.8 Å². The summed E-state index contributed by atoms with van der Waals surface area (Å²) in [5, 5.41) is 0.891. The van der Waals surface area contributed by atoms with Gasteiger partial charge in [-0.2, -0.15) is 0 Å². The standard InChI is InChI=1S/C16H14N2OS/c19-10-11-20-16-17-14-8-4-5-9-15(14)18(16)12-13-6-2-1-3-7-13/h1-10H,11-12H2. The summed E-state index contributed by atoms with van der Waals surface area (Å²) < 4.78 is 2.17. The van der Waals surface area contributed by atoms with E-state index in [0.29, 0.717) is 5.75 Å². The highest BCUT2D eigenvalue weighted by Gasteiger charge is 2.10. The maximum Gasteiger partial charge on any atom is 0.169 e. The summed E-state index contributed by atoms with van der Waals surface area (Å²) in [7, 11) is 0. The van der Waals surface area contributed by atoms with E-state index in [1.807, 2.05) is 36.4 Å². The van der Waals surface area contributed by atoms with Crippen molar-refractivity contribution >= 4 is 29.1 Å². The quantitative estimate of drug-likeness (QED) is 0.531. The van der Waals surface area contributed by atoms with Crippen LogP contribution in [0.2, 0.25) is 0 Å². The van der Waals surface area contributed by atoms with E-state index in [0.717, 1.165) is 29.0 Å². The van der Waals surface area contributed by atoms with E-state index in [4.69, 9.17) is 0 Å². The number of benzene rings is 2. The first-order chi connectivity index (χ1) is 9.88. The van der Waals surface area contributed by atoms with Gasteiger partial charge in [-0.1, -0.05) is 54.2 Å². The molecule has 1 aromatic heterocycles. The summed E-state index contributed by atoms with van der Waals surface area (Å²) in [6.45, 7) is 0.766. The number of nitrogens with zero attached hydrogens (tertiary/aromatic N) is 2. The Labute approximate surface area is 121 Å². The number of carbonyl (C=O) groups excluding carboxylic acids is 1. The number of imidazole rings is 1. The molecular formula is C16H14N2OS. The minimum absolute atomic E-state index is 0.429. The van der Waals surface area contributed by atoms with E-state index in [1.54, 1.807) is 0 Å². The number of thioether (sulfide) groups is 1. The molecule has 0 atom stereocenters. The number of aldehydes is 1. The SMILES string of the molecule is O=CCSc1nc2ccccc2n1Cc1ccccc1. The van der Waals surface area contributed by atoms with Gasteiger partial charge in [0.05, 0.1) is 23.3 Å². The fraction of sp³-hybridized carbons (Fsp3) is 0.125. The van der Waals surface area contributed by atoms with Gasteiger partial charge in [0.15, 0.2) is 5.16 Å². The molecule has 20 heavy (non-hydrogen) atoms. The molecule has 0 aliphatic heterocycles. The molecule has 100 valence electrons. The second-order valence-electron chi connectivity index (χ2n) is 4.43. The van der Waals surface area contributed by atoms with Crippen molar-refractivity contribution < 1.29 is 4.79 Å². The molecule has 0 bridgehead atoms. The first-order valence-electron chi connectivity index (χ1n) is 6.44. The van der Waals surface area contributed by atoms with Crippen molar-refractivity contribution in [2.75, 3.05) is 5.75 Å². The number of rotatable bonds is 5. The van der Waals surface area contributed by atoms with Crippen molar-refractivity contribution in [1.82, 2.24) is 9.55 Å². The topological polar surface area (TPSA) is 34.9 Å². The predicted molar refractivity (Wildman–Crippen MR) is 82.1 cm³/mol. The highest BCUT2D eigenvalue weighted by Crippen LogP contribution is 2.24. The Morgan fingerprint density at radius 2 is 1.80 bits per heavy atom. The molecule has 4 heteroatoms. The summed E-state index contributed by atoms with van der Waals surface area (Å²) in [5.41, 5.74) is 3.30. The van der Waals surface area contributed by atoms with Crippen molar-refractivity contribution in [2.45, 2.75) is 11.7 Å². The molecular weight excluding hydrogens is 268 g/mol. The van der Waals surface area contributed by atoms with Crippen molar-refractivity contribution in [2.24, 2.45) is 0 Å². The van der Waals surface area contributed by atoms with Crippen LogP contribution in [0.25, 0.3) is 11.0 Å². The zero-order chi connectivity index (χ0) is 13.8. The van der Waals surface area contributed by atoms with Gasteiger partial charge in [-0.05, 0) is 17.7 Å². The van der Waals surface area contributed by atoms with E-state index < -0.39 is 0 Å². The van der Waals surface area contributed by atoms with E-state index in [1.165, 1.54) is 17.3 Å². The van der Waals surface area contributed by atoms with E-state index in [-0.39, 0.29) is 0 Å². The zero-order valence-corrected chi connectivity index (χ0v) is 11.7. The van der Waals surface area contributed by atoms with Crippen LogP contribution >= 0.6 is 11.8 Å². The molecule has 0 aliphatic rings. The zero-order valence-electron chi connectivity index (χ0n) is 10.9. The van der Waals surface area contributed by atoms with Crippen molar-refractivity contribution in [3.63, 3.8) is 0 Å². The lowest BCUT2D eigenvalue weighted by molar-refractivity contribution is -0.105. The number of para-hydroxylation sites is 2. The Balaban J connectivity index is 2.03. The molecule has 0 spiro atoms. The lowest BCUT2D eigenvalue weighted by atomic mass is 10.2. The average molecular weight is 282 g/mol. The molecule has 0 saturated carbocycles. The Hall–Kier alpha value is -2.07. The number of carbonyl (C=O) groups is 1. The lowest BCUT2D eigenvalue weighted by Gasteiger charge is -2.08. The lowest BCUT2D eigenvalue weighted by Crippen LogP contribution is -2.01. The molecule has 0 saturated heterocycles. The molecule has 0 aliphatic carbocycles. The van der Waals surface area contributed by atoms with Gasteiger partial charge < -0.3 is 9.36 Å². The Morgan fingerprint density at radius 1 is 1.05 bits per heavy atom. The third-order valence-electron chi connectivity index (χ3n) is 3.08. The minimum atomic E-state index is 0.429. The van der Waals surface area contributed by atoms with Crippen LogP contribution in [0.3, 0.4) is 0 Å². The fourth-order valence-electron chi connectivity index (χ4n) is 2.19. The van der Waals surface area contributed by atoms with Gasteiger partial charge in [-0.15, -0.1) is 0 Å². The van der Waals surface area contributed by atoms with E-state index >= 15 is 0 Å². The molecule has 0 N–H and O–H groups in total. The normalized spacial score (nSPS) is 10.8. The Kier molecular flexibility index (Phi) is 3.83. The van der Waals surface area contributed by atoms with Gasteiger partial charge in [-0.25, -0.2) is 4.98 Å². The van der Waals surface area contributed by atoms with Crippen molar-refractivity contribution in [3.8, 4) is 0 Å². The molecule has 3 aromatic rings. The van der Waals surface area contributed by atoms with Crippen LogP contribution in [0.15, 0.2) is 59.8 Å². The summed E-state index contributed by atoms with van der Waals surface area (Å²) >= 11 is 1.48. The summed E-state index contributed by atoms with van der Waals surface area (Å²) in [5.74, 6) is 0.429. The van der Waals surface area contributed by atoms with Crippen LogP contribution in [0.1, 0.15) is 5.56 Å². The molecule has 3 rings (SSSR count). The van der Waals surface area contributed by atoms with Gasteiger partial charge in [0.1, 0.15) is 6.29 Å². The first-order valence-corrected chi connectivity index (χ1v) is 7.42. The third kappa shape index (κ3) is 2.60. The van der Waals surface area contributed by atoms with Crippen LogP contribution in [0.4, 0.5) is 0 Å². The van der Waals surface area contributed by atoms with Crippen molar-refractivity contribution in [3.05, 3.63) is 60.2 Å². The highest BCUT2D eigenvalue weighted by atomic mass is 32.2. The number of hydrogen-bond acceptors (Lipinski definition) is 3. The molecule has 0 amide bonds. The van der Waals surface area contributed by atoms with Gasteiger partial charge in [0, 0.05) is 0 Å². The number of aromatic nitrogens is 2. The minimum Gasteiger partial charge on any atom is -0.314 e. The van der Waals surface area contributed by atoms with Crippen LogP contribution in [-0.2, 0) is 11.3 Å². The third-order valence-corrected chi connectivity index (χ3v) is 3.96. The fourth-order valence-corrected chi connectivity index (χ4v) is 2.89. The molecule has 0 radical (unpaired) electrons. The maximum absolute atomic E-state index is 10.6. The highest BCUT2D eigenvalue weighted by molar-refractivity contribution is 7.99. The summed E-state index contributed by atoms with van der Waals surface area (Å²) in [4.78, 5) is 15.2. The smallest absolute Gasteiger partial charge is 0.169 e. The summed E-state index contributed by atoms with van der Waals surface area (Å²) in [6, 6.07) is 18.3. The Morgan fingerprint density at radius 3 is 2.60 bits per heavy atom. The van der Waals surface area contributed by atoms with Gasteiger partial charge in [-0.3, -0.25) is 0 Å². The predicted octanol–water partition coefficient (Wildman–Crippen LogP) is 3.38. The average Bonchev–Trinajstić information content (AvgIpc) is 2.84. The van der Waals surface area contributed by atoms with E-state index in [9.17, 15) is 4.79 Å². The molecule has 0 unspecified atom stereocenters. The monoisotopic (exact) mass is 282 g/mol. The maximum atomic E-state index is 10.6. The molecule has 1 heterocycles.